The second-order valence-corrected chi connectivity index (χ2v) is 41.7. The van der Waals surface area contributed by atoms with Crippen LogP contribution in [0.5, 0.6) is 0 Å². The first-order valence-electron chi connectivity index (χ1n) is 48.9. The van der Waals surface area contributed by atoms with E-state index < -0.39 is 0 Å². The van der Waals surface area contributed by atoms with Gasteiger partial charge in [0.1, 0.15) is 0 Å². The third kappa shape index (κ3) is 16.3. The molecule has 0 aromatic heterocycles. The fourth-order valence-corrected chi connectivity index (χ4v) is 22.5. The molecule has 25 rings (SSSR count). The molecule has 0 heterocycles. The molecule has 0 heteroatoms. The summed E-state index contributed by atoms with van der Waals surface area (Å²) >= 11 is 0. The average molecular weight is 1770 g/mol. The Kier molecular flexibility index (Phi) is 22.5. The number of hydrogen-bond acceptors (Lipinski definition) is 0. The van der Waals surface area contributed by atoms with E-state index in [1.807, 2.05) is 0 Å². The normalized spacial score (nSPS) is 12.1. The van der Waals surface area contributed by atoms with Gasteiger partial charge in [-0.05, 0) is 321 Å². The maximum atomic E-state index is 2.44. The van der Waals surface area contributed by atoms with Crippen LogP contribution in [0.1, 0.15) is 105 Å². The molecular weight excluding hydrogens is 1660 g/mol. The molecule has 0 unspecified atom stereocenters. The summed E-state index contributed by atoms with van der Waals surface area (Å²) in [7, 11) is 0. The minimum absolute atomic E-state index is 0.00901. The molecule has 25 aromatic rings. The SMILES string of the molecule is CC(C)(C)c1c2ccccc2c(-c2ccc3ccccc3c2)c2ccc(-c3ccc4ccccc4c3)cc12.CC(C)(C)c1c2ccccc2c(-c2ccc3ccccc3c2)c2ccc(-c3cccc4ccccc34)cc12.CC(C)(C)c1c2ccccc2c(-c2ccc3ccccc3c2)c2ccc(-c3ccccc3)cc12.CC(C)(C)c1c2ccccc2c(-c2ccc3ccccc3c2)c2ccccc12. The minimum Gasteiger partial charge on any atom is -0.0622 e. The van der Waals surface area contributed by atoms with Gasteiger partial charge in [0, 0.05) is 0 Å². The fraction of sp³-hybridized carbons (Fsp3) is 0.116. The van der Waals surface area contributed by atoms with Crippen molar-refractivity contribution >= 4 is 151 Å². The van der Waals surface area contributed by atoms with Gasteiger partial charge in [-0.2, -0.15) is 0 Å². The van der Waals surface area contributed by atoms with Gasteiger partial charge in [-0.25, -0.2) is 0 Å². The summed E-state index contributed by atoms with van der Waals surface area (Å²) < 4.78 is 0. The first-order chi connectivity index (χ1) is 67.0. The van der Waals surface area contributed by atoms with Gasteiger partial charge < -0.3 is 0 Å². The molecule has 664 valence electrons. The van der Waals surface area contributed by atoms with Crippen LogP contribution in [-0.2, 0) is 21.7 Å². The fourth-order valence-electron chi connectivity index (χ4n) is 22.5. The van der Waals surface area contributed by atoms with Crippen LogP contribution >= 0.6 is 0 Å². The Morgan fingerprint density at radius 2 is 0.304 bits per heavy atom. The lowest BCUT2D eigenvalue weighted by Gasteiger charge is -2.27. The monoisotopic (exact) mass is 1770 g/mol. The lowest BCUT2D eigenvalue weighted by atomic mass is 9.77. The number of rotatable bonds is 7. The van der Waals surface area contributed by atoms with Crippen LogP contribution in [-0.4, -0.2) is 0 Å². The molecule has 0 nitrogen and oxygen atoms in total. The maximum absolute atomic E-state index is 2.44. The molecule has 0 amide bonds. The van der Waals surface area contributed by atoms with Crippen LogP contribution in [0.15, 0.2) is 461 Å². The molecule has 138 heavy (non-hydrogen) atoms. The zero-order valence-corrected chi connectivity index (χ0v) is 80.9. The van der Waals surface area contributed by atoms with Crippen molar-refractivity contribution in [1.29, 1.82) is 0 Å². The van der Waals surface area contributed by atoms with Gasteiger partial charge in [0.15, 0.2) is 0 Å². The molecule has 0 fully saturated rings. The number of fused-ring (bicyclic) bond motifs is 14. The van der Waals surface area contributed by atoms with E-state index in [2.05, 4.69) is 544 Å². The average Bonchev–Trinajstić information content (AvgIpc) is 0.670. The van der Waals surface area contributed by atoms with E-state index in [-0.39, 0.29) is 21.7 Å². The van der Waals surface area contributed by atoms with Gasteiger partial charge in [-0.3, -0.25) is 0 Å². The number of hydrogen-bond donors (Lipinski definition) is 0. The summed E-state index contributed by atoms with van der Waals surface area (Å²) in [6.07, 6.45) is 0. The molecule has 0 saturated heterocycles. The van der Waals surface area contributed by atoms with E-state index in [0.29, 0.717) is 0 Å². The van der Waals surface area contributed by atoms with Crippen LogP contribution < -0.4 is 0 Å². The molecule has 0 radical (unpaired) electrons. The molecule has 0 saturated carbocycles. The largest absolute Gasteiger partial charge is 0.0622 e. The van der Waals surface area contributed by atoms with Crippen LogP contribution in [0.2, 0.25) is 0 Å². The Morgan fingerprint density at radius 3 is 0.609 bits per heavy atom. The standard InChI is InChI=1S/2C38H30.C34H28.C28H24/c1-38(2,3)37-34-15-9-8-14-32(34)36(31-19-17-26-11-5-7-13-28(26)23-31)33-21-20-30(24-35(33)37)29-18-16-25-10-4-6-12-27(25)22-29;1-38(2,3)37-34-17-9-8-16-32(34)36(29-20-19-25-11-4-5-13-27(25)23-29)33-22-21-28(24-35(33)37)31-18-10-14-26-12-6-7-15-30(26)31;1-34(2,3)33-30-16-10-9-15-28(30)32(27-18-17-24-13-7-8-14-25(24)21-27)29-20-19-26(22-31(29)33)23-11-5-4-6-12-23;1-28(2,3)27-24-14-8-6-12-22(24)26(23-13-7-9-15-25(23)27)21-17-16-19-10-4-5-11-20(19)18-21/h2*4-24H,1-3H3;4-22H,1-3H3;4-18H,1-3H3. The van der Waals surface area contributed by atoms with Gasteiger partial charge in [-0.1, -0.05) is 496 Å². The molecule has 0 spiro atoms. The Hall–Kier alpha value is -15.9. The summed E-state index contributed by atoms with van der Waals surface area (Å²) in [6, 6.07) is 169. The highest BCUT2D eigenvalue weighted by Crippen LogP contribution is 2.52. The molecule has 0 aliphatic heterocycles. The highest BCUT2D eigenvalue weighted by atomic mass is 14.3. The predicted octanol–water partition coefficient (Wildman–Crippen LogP) is 39.8. The third-order valence-corrected chi connectivity index (χ3v) is 28.4. The van der Waals surface area contributed by atoms with Crippen molar-refractivity contribution in [2.24, 2.45) is 0 Å². The topological polar surface area (TPSA) is 0 Å². The van der Waals surface area contributed by atoms with Gasteiger partial charge >= 0.3 is 0 Å². The van der Waals surface area contributed by atoms with E-state index in [1.54, 1.807) is 0 Å². The van der Waals surface area contributed by atoms with E-state index >= 15 is 0 Å². The summed E-state index contributed by atoms with van der Waals surface area (Å²) in [5.74, 6) is 0. The van der Waals surface area contributed by atoms with Crippen molar-refractivity contribution in [3.63, 3.8) is 0 Å². The summed E-state index contributed by atoms with van der Waals surface area (Å²) in [6.45, 7) is 28.0. The minimum atomic E-state index is -0.0167. The molecule has 0 aliphatic rings. The number of benzene rings is 25. The van der Waals surface area contributed by atoms with Crippen molar-refractivity contribution in [3.8, 4) is 77.9 Å². The molecule has 0 atom stereocenters. The zero-order valence-electron chi connectivity index (χ0n) is 80.9. The van der Waals surface area contributed by atoms with Gasteiger partial charge in [-0.15, -0.1) is 0 Å². The summed E-state index contributed by atoms with van der Waals surface area (Å²) in [4.78, 5) is 0. The third-order valence-electron chi connectivity index (χ3n) is 28.4. The quantitative estimate of drug-likeness (QED) is 0.140. The van der Waals surface area contributed by atoms with Gasteiger partial charge in [0.05, 0.1) is 0 Å². The molecule has 25 aromatic carbocycles. The van der Waals surface area contributed by atoms with Crippen molar-refractivity contribution in [1.82, 2.24) is 0 Å². The van der Waals surface area contributed by atoms with E-state index in [1.165, 1.54) is 251 Å². The highest BCUT2D eigenvalue weighted by Gasteiger charge is 2.30. The predicted molar refractivity (Wildman–Crippen MR) is 604 cm³/mol. The van der Waals surface area contributed by atoms with Gasteiger partial charge in [0.2, 0.25) is 0 Å². The zero-order chi connectivity index (χ0) is 94.3. The lowest BCUT2D eigenvalue weighted by molar-refractivity contribution is 0.601. The molecule has 0 N–H and O–H groups in total. The van der Waals surface area contributed by atoms with Crippen molar-refractivity contribution < 1.29 is 0 Å². The maximum Gasteiger partial charge on any atom is -0.00264 e. The lowest BCUT2D eigenvalue weighted by Crippen LogP contribution is -2.13. The second kappa shape index (κ2) is 35.4. The Morgan fingerprint density at radius 1 is 0.109 bits per heavy atom. The van der Waals surface area contributed by atoms with Crippen LogP contribution in [0.25, 0.3) is 229 Å². The first-order valence-corrected chi connectivity index (χ1v) is 48.9. The van der Waals surface area contributed by atoms with E-state index in [4.69, 9.17) is 0 Å². The summed E-state index contributed by atoms with van der Waals surface area (Å²) in [5.41, 5.74) is 23.7. The van der Waals surface area contributed by atoms with Crippen molar-refractivity contribution in [2.45, 2.75) is 105 Å². The van der Waals surface area contributed by atoms with Crippen LogP contribution in [0.4, 0.5) is 0 Å². The van der Waals surface area contributed by atoms with E-state index in [9.17, 15) is 0 Å². The second-order valence-electron chi connectivity index (χ2n) is 41.7. The Bertz CT molecular complexity index is 9030. The first kappa shape index (κ1) is 87.5. The highest BCUT2D eigenvalue weighted by molar-refractivity contribution is 6.22. The molecular formula is C138H112. The Labute approximate surface area is 810 Å². The van der Waals surface area contributed by atoms with Crippen molar-refractivity contribution in [2.75, 3.05) is 0 Å². The van der Waals surface area contributed by atoms with Crippen LogP contribution in [0, 0.1) is 0 Å². The van der Waals surface area contributed by atoms with Gasteiger partial charge in [0.25, 0.3) is 0 Å². The smallest absolute Gasteiger partial charge is 0.00264 e. The Balaban J connectivity index is 0.000000107. The summed E-state index contributed by atoms with van der Waals surface area (Å²) in [5, 5.41) is 36.7. The van der Waals surface area contributed by atoms with Crippen LogP contribution in [0.3, 0.4) is 0 Å². The van der Waals surface area contributed by atoms with Crippen molar-refractivity contribution in [3.05, 3.63) is 483 Å². The van der Waals surface area contributed by atoms with E-state index in [0.717, 1.165) is 0 Å². The molecule has 0 aliphatic carbocycles. The molecule has 0 bridgehead atoms.